The van der Waals surface area contributed by atoms with Crippen LogP contribution in [0.1, 0.15) is 13.8 Å². The molecule has 0 unspecified atom stereocenters. The number of nitrogens with two attached hydrogens (primary N) is 2. The molecular formula is C7H15N3O. The lowest BCUT2D eigenvalue weighted by Crippen LogP contribution is -2.27. The van der Waals surface area contributed by atoms with Crippen molar-refractivity contribution in [3.05, 3.63) is 11.4 Å². The van der Waals surface area contributed by atoms with Crippen molar-refractivity contribution < 1.29 is 4.79 Å². The molecule has 0 saturated heterocycles. The van der Waals surface area contributed by atoms with Crippen molar-refractivity contribution in [1.82, 2.24) is 5.32 Å². The zero-order chi connectivity index (χ0) is 8.85. The predicted octanol–water partition coefficient (Wildman–Crippen LogP) is -0.686. The van der Waals surface area contributed by atoms with E-state index in [9.17, 15) is 4.79 Å². The van der Waals surface area contributed by atoms with Crippen LogP contribution in [0.3, 0.4) is 0 Å². The molecule has 0 saturated carbocycles. The third-order valence-corrected chi connectivity index (χ3v) is 1.19. The average Bonchev–Trinajstić information content (AvgIpc) is 1.87. The fraction of sp³-hybridized carbons (Fsp3) is 0.571. The molecular weight excluding hydrogens is 142 g/mol. The van der Waals surface area contributed by atoms with E-state index in [4.69, 9.17) is 11.5 Å². The molecule has 0 fully saturated rings. The number of allylic oxidation sites excluding steroid dienone is 2. The number of nitrogens with one attached hydrogen (secondary N) is 1. The fourth-order valence-electron chi connectivity index (χ4n) is 0.739. The SMILES string of the molecule is CC(=O)/C(NCCN)=C(\C)N. The monoisotopic (exact) mass is 157 g/mol. The zero-order valence-electron chi connectivity index (χ0n) is 6.98. The van der Waals surface area contributed by atoms with Gasteiger partial charge in [-0.25, -0.2) is 0 Å². The van der Waals surface area contributed by atoms with Gasteiger partial charge in [0.05, 0.1) is 5.70 Å². The van der Waals surface area contributed by atoms with E-state index in [0.29, 0.717) is 24.5 Å². The van der Waals surface area contributed by atoms with E-state index in [1.54, 1.807) is 6.92 Å². The summed E-state index contributed by atoms with van der Waals surface area (Å²) < 4.78 is 0. The van der Waals surface area contributed by atoms with Gasteiger partial charge >= 0.3 is 0 Å². The second-order valence-corrected chi connectivity index (χ2v) is 2.33. The normalized spacial score (nSPS) is 12.3. The van der Waals surface area contributed by atoms with Crippen LogP contribution in [0, 0.1) is 0 Å². The minimum atomic E-state index is -0.0570. The number of carbonyl (C=O) groups is 1. The summed E-state index contributed by atoms with van der Waals surface area (Å²) in [5, 5.41) is 2.85. The van der Waals surface area contributed by atoms with Gasteiger partial charge < -0.3 is 16.8 Å². The number of ketones is 1. The van der Waals surface area contributed by atoms with Crippen LogP contribution in [0.5, 0.6) is 0 Å². The van der Waals surface area contributed by atoms with Crippen LogP contribution in [-0.4, -0.2) is 18.9 Å². The lowest BCUT2D eigenvalue weighted by Gasteiger charge is -2.07. The molecule has 0 heterocycles. The Labute approximate surface area is 66.6 Å². The van der Waals surface area contributed by atoms with Crippen LogP contribution >= 0.6 is 0 Å². The van der Waals surface area contributed by atoms with Gasteiger partial charge in [-0.1, -0.05) is 0 Å². The summed E-state index contributed by atoms with van der Waals surface area (Å²) in [7, 11) is 0. The van der Waals surface area contributed by atoms with Crippen LogP contribution in [-0.2, 0) is 4.79 Å². The van der Waals surface area contributed by atoms with Gasteiger partial charge in [-0.05, 0) is 6.92 Å². The predicted molar refractivity (Wildman–Crippen MR) is 44.6 cm³/mol. The zero-order valence-corrected chi connectivity index (χ0v) is 6.98. The van der Waals surface area contributed by atoms with Crippen molar-refractivity contribution in [2.24, 2.45) is 11.5 Å². The van der Waals surface area contributed by atoms with E-state index in [-0.39, 0.29) is 5.78 Å². The number of hydrogen-bond donors (Lipinski definition) is 3. The Kier molecular flexibility index (Phi) is 4.29. The molecule has 0 aromatic rings. The minimum absolute atomic E-state index is 0.0570. The largest absolute Gasteiger partial charge is 0.401 e. The van der Waals surface area contributed by atoms with Crippen molar-refractivity contribution in [1.29, 1.82) is 0 Å². The third-order valence-electron chi connectivity index (χ3n) is 1.19. The van der Waals surface area contributed by atoms with Gasteiger partial charge in [-0.3, -0.25) is 4.79 Å². The molecule has 0 radical (unpaired) electrons. The van der Waals surface area contributed by atoms with Crippen LogP contribution in [0.2, 0.25) is 0 Å². The van der Waals surface area contributed by atoms with Crippen molar-refractivity contribution in [3.8, 4) is 0 Å². The summed E-state index contributed by atoms with van der Waals surface area (Å²) in [5.41, 5.74) is 11.6. The maximum atomic E-state index is 10.9. The Morgan fingerprint density at radius 1 is 1.45 bits per heavy atom. The molecule has 4 heteroatoms. The van der Waals surface area contributed by atoms with Gasteiger partial charge in [0.1, 0.15) is 0 Å². The average molecular weight is 157 g/mol. The number of hydrogen-bond acceptors (Lipinski definition) is 4. The van der Waals surface area contributed by atoms with Gasteiger partial charge in [0, 0.05) is 25.7 Å². The summed E-state index contributed by atoms with van der Waals surface area (Å²) in [6.07, 6.45) is 0. The molecule has 0 spiro atoms. The van der Waals surface area contributed by atoms with Crippen molar-refractivity contribution >= 4 is 5.78 Å². The van der Waals surface area contributed by atoms with E-state index in [0.717, 1.165) is 0 Å². The molecule has 0 aromatic heterocycles. The first-order chi connectivity index (χ1) is 5.09. The highest BCUT2D eigenvalue weighted by molar-refractivity contribution is 5.93. The van der Waals surface area contributed by atoms with Crippen LogP contribution < -0.4 is 16.8 Å². The maximum Gasteiger partial charge on any atom is 0.177 e. The lowest BCUT2D eigenvalue weighted by atomic mass is 10.2. The summed E-state index contributed by atoms with van der Waals surface area (Å²) in [5.74, 6) is -0.0570. The van der Waals surface area contributed by atoms with Crippen molar-refractivity contribution in [2.75, 3.05) is 13.1 Å². The lowest BCUT2D eigenvalue weighted by molar-refractivity contribution is -0.114. The molecule has 0 aromatic carbocycles. The fourth-order valence-corrected chi connectivity index (χ4v) is 0.739. The summed E-state index contributed by atoms with van der Waals surface area (Å²) >= 11 is 0. The smallest absolute Gasteiger partial charge is 0.177 e. The quantitative estimate of drug-likeness (QED) is 0.472. The summed E-state index contributed by atoms with van der Waals surface area (Å²) in [6, 6.07) is 0. The number of rotatable bonds is 4. The highest BCUT2D eigenvalue weighted by Gasteiger charge is 2.03. The highest BCUT2D eigenvalue weighted by Crippen LogP contribution is 1.94. The van der Waals surface area contributed by atoms with Gasteiger partial charge in [0.15, 0.2) is 5.78 Å². The highest BCUT2D eigenvalue weighted by atomic mass is 16.1. The Morgan fingerprint density at radius 2 is 2.00 bits per heavy atom. The van der Waals surface area contributed by atoms with Crippen LogP contribution in [0.15, 0.2) is 11.4 Å². The molecule has 64 valence electrons. The molecule has 0 atom stereocenters. The number of carbonyl (C=O) groups excluding carboxylic acids is 1. The van der Waals surface area contributed by atoms with Crippen LogP contribution in [0.25, 0.3) is 0 Å². The van der Waals surface area contributed by atoms with E-state index in [2.05, 4.69) is 5.32 Å². The molecule has 0 bridgehead atoms. The Morgan fingerprint density at radius 3 is 2.27 bits per heavy atom. The van der Waals surface area contributed by atoms with Gasteiger partial charge in [-0.2, -0.15) is 0 Å². The summed E-state index contributed by atoms with van der Waals surface area (Å²) in [4.78, 5) is 10.9. The van der Waals surface area contributed by atoms with E-state index in [1.807, 2.05) is 0 Å². The van der Waals surface area contributed by atoms with Crippen LogP contribution in [0.4, 0.5) is 0 Å². The molecule has 0 amide bonds. The Balaban J connectivity index is 4.14. The van der Waals surface area contributed by atoms with E-state index < -0.39 is 0 Å². The first-order valence-corrected chi connectivity index (χ1v) is 3.50. The third kappa shape index (κ3) is 3.62. The van der Waals surface area contributed by atoms with Gasteiger partial charge in [0.2, 0.25) is 0 Å². The maximum absolute atomic E-state index is 10.9. The second-order valence-electron chi connectivity index (χ2n) is 2.33. The van der Waals surface area contributed by atoms with Gasteiger partial charge in [0.25, 0.3) is 0 Å². The molecule has 0 aliphatic carbocycles. The van der Waals surface area contributed by atoms with Crippen molar-refractivity contribution in [2.45, 2.75) is 13.8 Å². The van der Waals surface area contributed by atoms with Gasteiger partial charge in [-0.15, -0.1) is 0 Å². The van der Waals surface area contributed by atoms with E-state index >= 15 is 0 Å². The first-order valence-electron chi connectivity index (χ1n) is 3.50. The van der Waals surface area contributed by atoms with E-state index in [1.165, 1.54) is 6.92 Å². The topological polar surface area (TPSA) is 81.1 Å². The minimum Gasteiger partial charge on any atom is -0.401 e. The molecule has 5 N–H and O–H groups in total. The molecule has 4 nitrogen and oxygen atoms in total. The molecule has 11 heavy (non-hydrogen) atoms. The standard InChI is InChI=1S/C7H15N3O/c1-5(9)7(6(2)11)10-4-3-8/h10H,3-4,8-9H2,1-2H3/b7-5-. The summed E-state index contributed by atoms with van der Waals surface area (Å²) in [6.45, 7) is 4.21. The Bertz CT molecular complexity index is 171. The molecule has 0 aliphatic heterocycles. The Hall–Kier alpha value is -1.03. The van der Waals surface area contributed by atoms with Crippen molar-refractivity contribution in [3.63, 3.8) is 0 Å². The molecule has 0 rings (SSSR count). The second kappa shape index (κ2) is 4.73. The first kappa shape index (κ1) is 9.97. The molecule has 0 aliphatic rings. The number of Topliss-reactive ketones (excluding diaryl/α,β-unsaturated/α-hetero) is 1.